The highest BCUT2D eigenvalue weighted by molar-refractivity contribution is 5.86. The summed E-state index contributed by atoms with van der Waals surface area (Å²) in [5, 5.41) is 0. The van der Waals surface area contributed by atoms with Crippen LogP contribution in [0.25, 0.3) is 11.3 Å². The molecular formula is C12H10N2O. The molecule has 1 aromatic carbocycles. The van der Waals surface area contributed by atoms with E-state index in [2.05, 4.69) is 9.97 Å². The Labute approximate surface area is 87.8 Å². The molecule has 0 saturated carbocycles. The van der Waals surface area contributed by atoms with E-state index in [0.717, 1.165) is 23.1 Å². The zero-order chi connectivity index (χ0) is 10.7. The van der Waals surface area contributed by atoms with E-state index < -0.39 is 0 Å². The molecule has 2 rings (SSSR count). The summed E-state index contributed by atoms with van der Waals surface area (Å²) in [6.07, 6.45) is 5.72. The zero-order valence-electron chi connectivity index (χ0n) is 8.34. The van der Waals surface area contributed by atoms with Gasteiger partial charge in [0.1, 0.15) is 0 Å². The maximum atomic E-state index is 10.9. The second-order valence-corrected chi connectivity index (χ2v) is 3.30. The van der Waals surface area contributed by atoms with Gasteiger partial charge in [0, 0.05) is 23.5 Å². The molecule has 0 radical (unpaired) electrons. The predicted octanol–water partition coefficient (Wildman–Crippen LogP) is 2.26. The van der Waals surface area contributed by atoms with Gasteiger partial charge in [0.15, 0.2) is 6.29 Å². The van der Waals surface area contributed by atoms with Gasteiger partial charge in [0.2, 0.25) is 0 Å². The highest BCUT2D eigenvalue weighted by atomic mass is 16.1. The fourth-order valence-electron chi connectivity index (χ4n) is 1.43. The molecule has 3 heteroatoms. The molecule has 74 valence electrons. The summed E-state index contributed by atoms with van der Waals surface area (Å²) in [5.74, 6) is 0. The van der Waals surface area contributed by atoms with Crippen molar-refractivity contribution < 1.29 is 4.79 Å². The molecule has 0 spiro atoms. The first kappa shape index (κ1) is 9.52. The van der Waals surface area contributed by atoms with E-state index in [-0.39, 0.29) is 0 Å². The fraction of sp³-hybridized carbons (Fsp3) is 0.0833. The summed E-state index contributed by atoms with van der Waals surface area (Å²) in [6, 6.07) is 5.64. The van der Waals surface area contributed by atoms with Crippen molar-refractivity contribution in [3.05, 3.63) is 47.9 Å². The molecule has 0 N–H and O–H groups in total. The second-order valence-electron chi connectivity index (χ2n) is 3.30. The van der Waals surface area contributed by atoms with Crippen molar-refractivity contribution in [1.29, 1.82) is 0 Å². The molecule has 0 saturated heterocycles. The van der Waals surface area contributed by atoms with Crippen LogP contribution in [0.5, 0.6) is 0 Å². The van der Waals surface area contributed by atoms with Crippen molar-refractivity contribution in [2.24, 2.45) is 0 Å². The van der Waals surface area contributed by atoms with E-state index in [0.29, 0.717) is 5.56 Å². The number of benzene rings is 1. The number of hydrogen-bond donors (Lipinski definition) is 0. The lowest BCUT2D eigenvalue weighted by Gasteiger charge is -2.04. The minimum Gasteiger partial charge on any atom is -0.298 e. The topological polar surface area (TPSA) is 42.9 Å². The number of aryl methyl sites for hydroxylation is 1. The highest BCUT2D eigenvalue weighted by Gasteiger charge is 2.05. The Morgan fingerprint density at radius 2 is 2.13 bits per heavy atom. The van der Waals surface area contributed by atoms with Crippen LogP contribution >= 0.6 is 0 Å². The Balaban J connectivity index is 2.61. The third-order valence-electron chi connectivity index (χ3n) is 2.17. The SMILES string of the molecule is Cc1ccc(C=O)c(-c2cnccn2)c1. The zero-order valence-corrected chi connectivity index (χ0v) is 8.34. The smallest absolute Gasteiger partial charge is 0.150 e. The standard InChI is InChI=1S/C12H10N2O/c1-9-2-3-10(8-15)11(6-9)12-7-13-4-5-14-12/h2-8H,1H3. The summed E-state index contributed by atoms with van der Waals surface area (Å²) in [7, 11) is 0. The van der Waals surface area contributed by atoms with E-state index >= 15 is 0 Å². The highest BCUT2D eigenvalue weighted by Crippen LogP contribution is 2.20. The van der Waals surface area contributed by atoms with Crippen molar-refractivity contribution in [3.63, 3.8) is 0 Å². The van der Waals surface area contributed by atoms with Gasteiger partial charge in [-0.2, -0.15) is 0 Å². The number of aromatic nitrogens is 2. The van der Waals surface area contributed by atoms with Crippen LogP contribution in [0.4, 0.5) is 0 Å². The maximum Gasteiger partial charge on any atom is 0.150 e. The molecule has 1 aromatic heterocycles. The van der Waals surface area contributed by atoms with Crippen LogP contribution in [-0.4, -0.2) is 16.3 Å². The summed E-state index contributed by atoms with van der Waals surface area (Å²) in [5.41, 5.74) is 3.30. The average Bonchev–Trinajstić information content (AvgIpc) is 2.30. The van der Waals surface area contributed by atoms with Crippen LogP contribution in [0.1, 0.15) is 15.9 Å². The first-order chi connectivity index (χ1) is 7.31. The van der Waals surface area contributed by atoms with Crippen LogP contribution < -0.4 is 0 Å². The number of nitrogens with zero attached hydrogens (tertiary/aromatic N) is 2. The van der Waals surface area contributed by atoms with Gasteiger partial charge in [-0.3, -0.25) is 14.8 Å². The number of carbonyl (C=O) groups is 1. The Kier molecular flexibility index (Phi) is 2.54. The average molecular weight is 198 g/mol. The quantitative estimate of drug-likeness (QED) is 0.695. The van der Waals surface area contributed by atoms with Crippen molar-refractivity contribution >= 4 is 6.29 Å². The Bertz CT molecular complexity index is 480. The predicted molar refractivity (Wildman–Crippen MR) is 57.6 cm³/mol. The van der Waals surface area contributed by atoms with Crippen molar-refractivity contribution in [3.8, 4) is 11.3 Å². The molecule has 1 heterocycles. The first-order valence-electron chi connectivity index (χ1n) is 4.63. The van der Waals surface area contributed by atoms with Gasteiger partial charge in [-0.05, 0) is 13.0 Å². The monoisotopic (exact) mass is 198 g/mol. The van der Waals surface area contributed by atoms with Crippen LogP contribution in [0.15, 0.2) is 36.8 Å². The normalized spacial score (nSPS) is 9.93. The number of aldehydes is 1. The van der Waals surface area contributed by atoms with Crippen molar-refractivity contribution in [2.45, 2.75) is 6.92 Å². The minimum atomic E-state index is 0.640. The van der Waals surface area contributed by atoms with Crippen LogP contribution in [-0.2, 0) is 0 Å². The molecule has 0 amide bonds. The molecule has 0 bridgehead atoms. The molecule has 3 nitrogen and oxygen atoms in total. The Hall–Kier alpha value is -2.03. The van der Waals surface area contributed by atoms with Crippen LogP contribution in [0.2, 0.25) is 0 Å². The minimum absolute atomic E-state index is 0.640. The summed E-state index contributed by atoms with van der Waals surface area (Å²) in [6.45, 7) is 1.98. The van der Waals surface area contributed by atoms with E-state index in [1.54, 1.807) is 24.7 Å². The Morgan fingerprint density at radius 3 is 2.80 bits per heavy atom. The third-order valence-corrected chi connectivity index (χ3v) is 2.17. The van der Waals surface area contributed by atoms with Crippen molar-refractivity contribution in [1.82, 2.24) is 9.97 Å². The van der Waals surface area contributed by atoms with Gasteiger partial charge in [-0.1, -0.05) is 17.7 Å². The number of hydrogen-bond acceptors (Lipinski definition) is 3. The number of rotatable bonds is 2. The van der Waals surface area contributed by atoms with Gasteiger partial charge in [0.25, 0.3) is 0 Å². The maximum absolute atomic E-state index is 10.9. The van der Waals surface area contributed by atoms with Gasteiger partial charge < -0.3 is 0 Å². The molecule has 0 unspecified atom stereocenters. The molecule has 0 aliphatic heterocycles. The van der Waals surface area contributed by atoms with E-state index in [9.17, 15) is 4.79 Å². The van der Waals surface area contributed by atoms with E-state index in [1.165, 1.54) is 0 Å². The lowest BCUT2D eigenvalue weighted by molar-refractivity contribution is 0.112. The molecule has 0 fully saturated rings. The molecular weight excluding hydrogens is 188 g/mol. The van der Waals surface area contributed by atoms with Gasteiger partial charge in [0.05, 0.1) is 11.9 Å². The summed E-state index contributed by atoms with van der Waals surface area (Å²) >= 11 is 0. The summed E-state index contributed by atoms with van der Waals surface area (Å²) < 4.78 is 0. The number of carbonyl (C=O) groups excluding carboxylic acids is 1. The van der Waals surface area contributed by atoms with Gasteiger partial charge in [-0.15, -0.1) is 0 Å². The lowest BCUT2D eigenvalue weighted by atomic mass is 10.0. The van der Waals surface area contributed by atoms with E-state index in [1.807, 2.05) is 19.1 Å². The van der Waals surface area contributed by atoms with Crippen molar-refractivity contribution in [2.75, 3.05) is 0 Å². The molecule has 2 aromatic rings. The fourth-order valence-corrected chi connectivity index (χ4v) is 1.43. The lowest BCUT2D eigenvalue weighted by Crippen LogP contribution is -1.91. The Morgan fingerprint density at radius 1 is 1.27 bits per heavy atom. The van der Waals surface area contributed by atoms with Crippen LogP contribution in [0.3, 0.4) is 0 Å². The first-order valence-corrected chi connectivity index (χ1v) is 4.63. The molecule has 0 aliphatic rings. The molecule has 15 heavy (non-hydrogen) atoms. The third kappa shape index (κ3) is 1.91. The van der Waals surface area contributed by atoms with Crippen LogP contribution in [0, 0.1) is 6.92 Å². The van der Waals surface area contributed by atoms with Gasteiger partial charge in [-0.25, -0.2) is 0 Å². The largest absolute Gasteiger partial charge is 0.298 e. The van der Waals surface area contributed by atoms with E-state index in [4.69, 9.17) is 0 Å². The summed E-state index contributed by atoms with van der Waals surface area (Å²) in [4.78, 5) is 19.0. The molecule has 0 aliphatic carbocycles. The molecule has 0 atom stereocenters. The second kappa shape index (κ2) is 4.00. The van der Waals surface area contributed by atoms with Gasteiger partial charge >= 0.3 is 0 Å².